The second kappa shape index (κ2) is 8.09. The van der Waals surface area contributed by atoms with Gasteiger partial charge in [-0.15, -0.1) is 0 Å². The van der Waals surface area contributed by atoms with Crippen LogP contribution in [-0.4, -0.2) is 23.2 Å². The molecular formula is C22H31N3O3S. The number of anilines is 1. The van der Waals surface area contributed by atoms with E-state index in [2.05, 4.69) is 17.6 Å². The third kappa shape index (κ3) is 4.06. The van der Waals surface area contributed by atoms with Gasteiger partial charge in [0, 0.05) is 12.1 Å². The van der Waals surface area contributed by atoms with Gasteiger partial charge in [-0.25, -0.2) is 0 Å². The Morgan fingerprint density at radius 1 is 1.28 bits per heavy atom. The predicted molar refractivity (Wildman–Crippen MR) is 118 cm³/mol. The molecule has 4 aliphatic carbocycles. The number of rotatable bonds is 7. The zero-order valence-corrected chi connectivity index (χ0v) is 18.1. The van der Waals surface area contributed by atoms with E-state index in [-0.39, 0.29) is 5.69 Å². The Bertz CT molecular complexity index is 762. The topological polar surface area (TPSA) is 76.4 Å². The average molecular weight is 418 g/mol. The van der Waals surface area contributed by atoms with Crippen molar-refractivity contribution in [1.29, 1.82) is 0 Å². The van der Waals surface area contributed by atoms with Crippen LogP contribution in [0.1, 0.15) is 58.3 Å². The molecule has 2 N–H and O–H groups in total. The summed E-state index contributed by atoms with van der Waals surface area (Å²) in [6.07, 6.45) is 10.5. The smallest absolute Gasteiger partial charge is 0.273 e. The number of hydrogen-bond acceptors (Lipinski definition) is 4. The highest BCUT2D eigenvalue weighted by atomic mass is 32.1. The molecule has 0 radical (unpaired) electrons. The lowest BCUT2D eigenvalue weighted by Gasteiger charge is -2.59. The van der Waals surface area contributed by atoms with Crippen molar-refractivity contribution in [1.82, 2.24) is 5.32 Å². The highest BCUT2D eigenvalue weighted by Crippen LogP contribution is 2.61. The third-order valence-electron chi connectivity index (χ3n) is 7.35. The van der Waals surface area contributed by atoms with E-state index in [9.17, 15) is 10.1 Å². The van der Waals surface area contributed by atoms with Gasteiger partial charge in [-0.05, 0) is 86.4 Å². The van der Waals surface area contributed by atoms with Crippen molar-refractivity contribution < 1.29 is 9.66 Å². The SMILES string of the molecule is CCCC(NC(=S)Nc1ccc([N+](=O)[O-])cc1OC)C12CC3CC(CC(C3)C1)C2. The Kier molecular flexibility index (Phi) is 5.69. The van der Waals surface area contributed by atoms with Crippen molar-refractivity contribution in [3.05, 3.63) is 28.3 Å². The van der Waals surface area contributed by atoms with Crippen LogP contribution in [0, 0.1) is 33.3 Å². The fraction of sp³-hybridized carbons (Fsp3) is 0.682. The Morgan fingerprint density at radius 2 is 1.90 bits per heavy atom. The maximum absolute atomic E-state index is 11.0. The van der Waals surface area contributed by atoms with Gasteiger partial charge in [-0.2, -0.15) is 0 Å². The van der Waals surface area contributed by atoms with Crippen LogP contribution in [0.3, 0.4) is 0 Å². The molecule has 4 aliphatic rings. The van der Waals surface area contributed by atoms with Crippen molar-refractivity contribution in [3.8, 4) is 5.75 Å². The molecule has 0 aromatic heterocycles. The van der Waals surface area contributed by atoms with E-state index in [1.165, 1.54) is 57.8 Å². The van der Waals surface area contributed by atoms with Crippen molar-refractivity contribution in [3.63, 3.8) is 0 Å². The largest absolute Gasteiger partial charge is 0.494 e. The molecule has 6 nitrogen and oxygen atoms in total. The van der Waals surface area contributed by atoms with Gasteiger partial charge in [0.25, 0.3) is 5.69 Å². The molecule has 4 bridgehead atoms. The number of nitro groups is 1. The molecule has 1 unspecified atom stereocenters. The molecule has 1 atom stereocenters. The van der Waals surface area contributed by atoms with E-state index >= 15 is 0 Å². The second-order valence-corrected chi connectivity index (χ2v) is 9.77. The third-order valence-corrected chi connectivity index (χ3v) is 7.57. The molecule has 4 saturated carbocycles. The number of nitro benzene ring substituents is 1. The first-order valence-corrected chi connectivity index (χ1v) is 11.2. The summed E-state index contributed by atoms with van der Waals surface area (Å²) in [7, 11) is 1.51. The Labute approximate surface area is 177 Å². The van der Waals surface area contributed by atoms with E-state index in [1.807, 2.05) is 0 Å². The van der Waals surface area contributed by atoms with Crippen molar-refractivity contribution in [2.24, 2.45) is 23.2 Å². The van der Waals surface area contributed by atoms with Gasteiger partial charge >= 0.3 is 0 Å². The predicted octanol–water partition coefficient (Wildman–Crippen LogP) is 5.27. The van der Waals surface area contributed by atoms with Crippen LogP contribution in [-0.2, 0) is 0 Å². The molecule has 0 heterocycles. The lowest BCUT2D eigenvalue weighted by Crippen LogP contribution is -2.57. The molecule has 5 rings (SSSR count). The van der Waals surface area contributed by atoms with E-state index in [4.69, 9.17) is 17.0 Å². The van der Waals surface area contributed by atoms with Crippen molar-refractivity contribution >= 4 is 28.7 Å². The molecule has 1 aromatic carbocycles. The maximum Gasteiger partial charge on any atom is 0.273 e. The number of methoxy groups -OCH3 is 1. The number of benzene rings is 1. The van der Waals surface area contributed by atoms with Gasteiger partial charge in [0.15, 0.2) is 5.11 Å². The van der Waals surface area contributed by atoms with Gasteiger partial charge < -0.3 is 15.4 Å². The van der Waals surface area contributed by atoms with E-state index in [0.717, 1.165) is 30.6 Å². The van der Waals surface area contributed by atoms with Gasteiger partial charge in [-0.1, -0.05) is 13.3 Å². The van der Waals surface area contributed by atoms with Crippen LogP contribution in [0.2, 0.25) is 0 Å². The van der Waals surface area contributed by atoms with Gasteiger partial charge in [0.1, 0.15) is 5.75 Å². The molecule has 1 aromatic rings. The summed E-state index contributed by atoms with van der Waals surface area (Å²) in [4.78, 5) is 10.6. The van der Waals surface area contributed by atoms with E-state index in [0.29, 0.717) is 28.0 Å². The first-order valence-electron chi connectivity index (χ1n) is 10.8. The van der Waals surface area contributed by atoms with Gasteiger partial charge in [0.05, 0.1) is 23.8 Å². The first-order chi connectivity index (χ1) is 13.9. The number of ether oxygens (including phenoxy) is 1. The number of non-ortho nitro benzene ring substituents is 1. The summed E-state index contributed by atoms with van der Waals surface area (Å²) in [5, 5.41) is 18.5. The number of thiocarbonyl (C=S) groups is 1. The molecule has 29 heavy (non-hydrogen) atoms. The van der Waals surface area contributed by atoms with Crippen molar-refractivity contribution in [2.45, 2.75) is 64.3 Å². The van der Waals surface area contributed by atoms with Crippen LogP contribution >= 0.6 is 12.2 Å². The Hall–Kier alpha value is -1.89. The monoisotopic (exact) mass is 417 g/mol. The maximum atomic E-state index is 11.0. The minimum atomic E-state index is -0.423. The minimum Gasteiger partial charge on any atom is -0.494 e. The molecule has 4 fully saturated rings. The summed E-state index contributed by atoms with van der Waals surface area (Å²) in [6, 6.07) is 4.93. The van der Waals surface area contributed by atoms with Crippen LogP contribution < -0.4 is 15.4 Å². The minimum absolute atomic E-state index is 0.00343. The standard InChI is InChI=1S/C22H31N3O3S/c1-3-4-20(22-11-14-7-15(12-22)9-16(8-14)13-22)24-21(29)23-18-6-5-17(25(26)27)10-19(18)28-2/h5-6,10,14-16,20H,3-4,7-9,11-13H2,1-2H3,(H2,23,24,29). The number of hydrogen-bond donors (Lipinski definition) is 2. The average Bonchev–Trinajstić information content (AvgIpc) is 2.66. The number of nitrogens with one attached hydrogen (secondary N) is 2. The first kappa shape index (κ1) is 20.4. The molecule has 0 amide bonds. The highest BCUT2D eigenvalue weighted by Gasteiger charge is 2.54. The molecule has 0 saturated heterocycles. The molecule has 158 valence electrons. The zero-order chi connectivity index (χ0) is 20.6. The molecule has 0 spiro atoms. The van der Waals surface area contributed by atoms with Crippen LogP contribution in [0.15, 0.2) is 18.2 Å². The van der Waals surface area contributed by atoms with Crippen LogP contribution in [0.25, 0.3) is 0 Å². The zero-order valence-electron chi connectivity index (χ0n) is 17.3. The summed E-state index contributed by atoms with van der Waals surface area (Å²) in [5.41, 5.74) is 1.02. The summed E-state index contributed by atoms with van der Waals surface area (Å²) in [5.74, 6) is 3.13. The van der Waals surface area contributed by atoms with Crippen LogP contribution in [0.4, 0.5) is 11.4 Å². The summed E-state index contributed by atoms with van der Waals surface area (Å²) < 4.78 is 5.34. The van der Waals surface area contributed by atoms with Crippen molar-refractivity contribution in [2.75, 3.05) is 12.4 Å². The quantitative estimate of drug-likeness (QED) is 0.357. The Balaban J connectivity index is 1.48. The highest BCUT2D eigenvalue weighted by molar-refractivity contribution is 7.80. The lowest BCUT2D eigenvalue weighted by atomic mass is 9.47. The summed E-state index contributed by atoms with van der Waals surface area (Å²) in [6.45, 7) is 2.24. The molecule has 7 heteroatoms. The lowest BCUT2D eigenvalue weighted by molar-refractivity contribution is -0.384. The number of nitrogens with zero attached hydrogens (tertiary/aromatic N) is 1. The Morgan fingerprint density at radius 3 is 2.41 bits per heavy atom. The van der Waals surface area contributed by atoms with Gasteiger partial charge in [0.2, 0.25) is 0 Å². The fourth-order valence-corrected chi connectivity index (χ4v) is 6.89. The van der Waals surface area contributed by atoms with Gasteiger partial charge in [-0.3, -0.25) is 10.1 Å². The molecule has 0 aliphatic heterocycles. The molecular weight excluding hydrogens is 386 g/mol. The normalized spacial score (nSPS) is 30.6. The fourth-order valence-electron chi connectivity index (χ4n) is 6.64. The second-order valence-electron chi connectivity index (χ2n) is 9.36. The summed E-state index contributed by atoms with van der Waals surface area (Å²) >= 11 is 5.66. The van der Waals surface area contributed by atoms with E-state index in [1.54, 1.807) is 6.07 Å². The van der Waals surface area contributed by atoms with Crippen LogP contribution in [0.5, 0.6) is 5.75 Å². The van der Waals surface area contributed by atoms with E-state index < -0.39 is 4.92 Å².